The van der Waals surface area contributed by atoms with E-state index >= 15 is 0 Å². The van der Waals surface area contributed by atoms with E-state index in [-0.39, 0.29) is 31.2 Å². The number of hydrogen-bond acceptors (Lipinski definition) is 7. The van der Waals surface area contributed by atoms with Crippen molar-refractivity contribution in [2.45, 2.75) is 96.4 Å². The van der Waals surface area contributed by atoms with E-state index in [2.05, 4.69) is 16.0 Å². The van der Waals surface area contributed by atoms with Crippen molar-refractivity contribution in [2.24, 2.45) is 11.8 Å². The van der Waals surface area contributed by atoms with Gasteiger partial charge in [0.25, 0.3) is 0 Å². The highest BCUT2D eigenvalue weighted by atomic mass is 16.5. The van der Waals surface area contributed by atoms with E-state index < -0.39 is 42.1 Å². The van der Waals surface area contributed by atoms with Crippen molar-refractivity contribution < 1.29 is 33.8 Å². The largest absolute Gasteiger partial charge is 0.497 e. The highest BCUT2D eigenvalue weighted by Crippen LogP contribution is 2.34. The number of carboxylic acid groups (broad SMARTS) is 1. The molecule has 12 heteroatoms. The number of methoxy groups -OCH3 is 1. The van der Waals surface area contributed by atoms with Crippen molar-refractivity contribution >= 4 is 34.7 Å². The Morgan fingerprint density at radius 2 is 1.75 bits per heavy atom. The van der Waals surface area contributed by atoms with Crippen LogP contribution in [0.5, 0.6) is 11.5 Å². The predicted octanol–water partition coefficient (Wildman–Crippen LogP) is 5.53. The average Bonchev–Trinajstić information content (AvgIpc) is 3.57. The number of carbonyl (C=O) groups excluding carboxylic acids is 3. The van der Waals surface area contributed by atoms with Crippen molar-refractivity contribution in [2.75, 3.05) is 20.2 Å². The molecule has 2 fully saturated rings. The van der Waals surface area contributed by atoms with Crippen LogP contribution < -0.4 is 25.4 Å². The fourth-order valence-electron chi connectivity index (χ4n) is 7.00. The first-order valence-corrected chi connectivity index (χ1v) is 18.2. The molecule has 4 atom stereocenters. The lowest BCUT2D eigenvalue weighted by Gasteiger charge is -2.29. The molecule has 0 bridgehead atoms. The van der Waals surface area contributed by atoms with Crippen LogP contribution in [0.4, 0.5) is 4.79 Å². The van der Waals surface area contributed by atoms with E-state index in [4.69, 9.17) is 14.5 Å². The number of aliphatic carboxylic acids is 1. The maximum atomic E-state index is 14.0. The zero-order valence-corrected chi connectivity index (χ0v) is 30.0. The van der Waals surface area contributed by atoms with Crippen LogP contribution in [0.15, 0.2) is 54.6 Å². The lowest BCUT2D eigenvalue weighted by Crippen LogP contribution is -2.57. The van der Waals surface area contributed by atoms with Crippen molar-refractivity contribution in [3.05, 3.63) is 54.6 Å². The van der Waals surface area contributed by atoms with E-state index in [0.29, 0.717) is 41.6 Å². The Balaban J connectivity index is 1.40. The summed E-state index contributed by atoms with van der Waals surface area (Å²) >= 11 is 0. The third-order valence-electron chi connectivity index (χ3n) is 9.88. The third kappa shape index (κ3) is 9.47. The monoisotopic (exact) mass is 701 g/mol. The molecule has 1 aliphatic carbocycles. The van der Waals surface area contributed by atoms with Gasteiger partial charge in [0.1, 0.15) is 35.7 Å². The molecule has 4 amide bonds. The highest BCUT2D eigenvalue weighted by Gasteiger charge is 2.43. The fourth-order valence-corrected chi connectivity index (χ4v) is 7.00. The summed E-state index contributed by atoms with van der Waals surface area (Å²) < 4.78 is 12.1. The van der Waals surface area contributed by atoms with Crippen molar-refractivity contribution in [3.8, 4) is 22.8 Å². The first-order chi connectivity index (χ1) is 24.6. The number of pyridine rings is 1. The molecule has 51 heavy (non-hydrogen) atoms. The number of amides is 4. The number of nitrogens with one attached hydrogen (secondary N) is 3. The minimum Gasteiger partial charge on any atom is -0.497 e. The van der Waals surface area contributed by atoms with E-state index in [1.807, 2.05) is 75.4 Å². The van der Waals surface area contributed by atoms with E-state index in [1.165, 1.54) is 11.3 Å². The van der Waals surface area contributed by atoms with Gasteiger partial charge in [0.2, 0.25) is 11.8 Å². The molecule has 2 heterocycles. The predicted molar refractivity (Wildman–Crippen MR) is 194 cm³/mol. The number of hydrogen-bond donors (Lipinski definition) is 4. The number of aromatic nitrogens is 1. The molecule has 12 nitrogen and oxygen atoms in total. The van der Waals surface area contributed by atoms with Gasteiger partial charge in [-0.25, -0.2) is 14.6 Å². The van der Waals surface area contributed by atoms with Crippen LogP contribution >= 0.6 is 0 Å². The molecule has 1 saturated heterocycles. The van der Waals surface area contributed by atoms with Gasteiger partial charge >= 0.3 is 12.0 Å². The molecular weight excluding hydrogens is 650 g/mol. The number of nitrogens with zero attached hydrogens (tertiary/aromatic N) is 2. The number of ether oxygens (including phenoxy) is 2. The topological polar surface area (TPSA) is 159 Å². The van der Waals surface area contributed by atoms with Crippen LogP contribution in [0.3, 0.4) is 0 Å². The fraction of sp³-hybridized carbons (Fsp3) is 0.513. The Bertz CT molecular complexity index is 1680. The van der Waals surface area contributed by atoms with Crippen molar-refractivity contribution in [1.82, 2.24) is 25.8 Å². The number of carboxylic acids is 1. The number of urea groups is 1. The quantitative estimate of drug-likeness (QED) is 0.171. The van der Waals surface area contributed by atoms with Crippen LogP contribution in [0.2, 0.25) is 0 Å². The lowest BCUT2D eigenvalue weighted by atomic mass is 9.89. The summed E-state index contributed by atoms with van der Waals surface area (Å²) in [5, 5.41) is 19.1. The Labute approximate surface area is 299 Å². The molecule has 0 radical (unpaired) electrons. The number of benzene rings is 2. The van der Waals surface area contributed by atoms with Gasteiger partial charge in [-0.05, 0) is 43.2 Å². The number of carbonyl (C=O) groups is 4. The van der Waals surface area contributed by atoms with Crippen LogP contribution in [-0.4, -0.2) is 83.2 Å². The third-order valence-corrected chi connectivity index (χ3v) is 9.88. The van der Waals surface area contributed by atoms with Gasteiger partial charge in [-0.3, -0.25) is 9.59 Å². The van der Waals surface area contributed by atoms with E-state index in [9.17, 15) is 24.3 Å². The summed E-state index contributed by atoms with van der Waals surface area (Å²) in [6.45, 7) is 6.16. The second kappa shape index (κ2) is 17.4. The van der Waals surface area contributed by atoms with Gasteiger partial charge in [-0.2, -0.15) is 0 Å². The summed E-state index contributed by atoms with van der Waals surface area (Å²) in [7, 11) is 1.59. The van der Waals surface area contributed by atoms with Gasteiger partial charge in [0, 0.05) is 36.0 Å². The smallest absolute Gasteiger partial charge is 0.326 e. The Morgan fingerprint density at radius 3 is 2.41 bits per heavy atom. The van der Waals surface area contributed by atoms with Gasteiger partial charge in [-0.15, -0.1) is 0 Å². The second-order valence-corrected chi connectivity index (χ2v) is 14.0. The minimum absolute atomic E-state index is 0.0323. The molecule has 2 aliphatic rings. The van der Waals surface area contributed by atoms with Crippen molar-refractivity contribution in [1.29, 1.82) is 0 Å². The molecule has 4 N–H and O–H groups in total. The Kier molecular flexibility index (Phi) is 12.7. The van der Waals surface area contributed by atoms with Crippen LogP contribution in [0.1, 0.15) is 72.1 Å². The molecule has 274 valence electrons. The lowest BCUT2D eigenvalue weighted by molar-refractivity contribution is -0.142. The first-order valence-electron chi connectivity index (χ1n) is 18.2. The van der Waals surface area contributed by atoms with Crippen LogP contribution in [-0.2, 0) is 14.4 Å². The summed E-state index contributed by atoms with van der Waals surface area (Å²) in [5.74, 6) is -0.645. The molecule has 1 saturated carbocycles. The van der Waals surface area contributed by atoms with E-state index in [0.717, 1.165) is 36.6 Å². The normalized spacial score (nSPS) is 19.0. The Morgan fingerprint density at radius 1 is 1.00 bits per heavy atom. The standard InChI is InChI=1S/C39H51N5O7/c1-5-12-30(38(47)48)42-36(45)33-20-28(23-44(33)39(49)43-35(24(2)3)37(46)40-22-25-13-8-6-9-14-25)51-34-21-31(26-15-10-7-11-16-26)41-32-19-27(50-4)17-18-29(32)34/h7,10-11,15-19,21,24-25,28,30,33,35H,5-6,8-9,12-14,20,22-23H2,1-4H3,(H,40,46)(H,42,45)(H,43,49)(H,47,48)/t28-,30?,33+,35+/m1/s1. The first kappa shape index (κ1) is 37.4. The molecule has 1 aliphatic heterocycles. The second-order valence-electron chi connectivity index (χ2n) is 14.0. The Hall–Kier alpha value is -4.87. The number of rotatable bonds is 14. The maximum Gasteiger partial charge on any atom is 0.326 e. The molecule has 1 unspecified atom stereocenters. The summed E-state index contributed by atoms with van der Waals surface area (Å²) in [5.41, 5.74) is 2.21. The van der Waals surface area contributed by atoms with Crippen molar-refractivity contribution in [3.63, 3.8) is 0 Å². The molecule has 1 aromatic heterocycles. The van der Waals surface area contributed by atoms with Gasteiger partial charge in [-0.1, -0.05) is 76.8 Å². The number of fused-ring (bicyclic) bond motifs is 1. The zero-order chi connectivity index (χ0) is 36.5. The highest BCUT2D eigenvalue weighted by molar-refractivity contribution is 5.93. The van der Waals surface area contributed by atoms with Gasteiger partial charge in [0.15, 0.2) is 0 Å². The molecular formula is C39H51N5O7. The summed E-state index contributed by atoms with van der Waals surface area (Å²) in [6.07, 6.45) is 5.96. The molecule has 2 aromatic carbocycles. The maximum absolute atomic E-state index is 14.0. The van der Waals surface area contributed by atoms with Gasteiger partial charge in [0.05, 0.1) is 24.9 Å². The average molecular weight is 702 g/mol. The SMILES string of the molecule is CCCC(NC(=O)[C@@H]1C[C@@H](Oc2cc(-c3ccccc3)nc3cc(OC)ccc23)CN1C(=O)N[C@H](C(=O)NCC1CCCCC1)C(C)C)C(=O)O. The van der Waals surface area contributed by atoms with Crippen LogP contribution in [0, 0.1) is 11.8 Å². The zero-order valence-electron chi connectivity index (χ0n) is 30.0. The number of likely N-dealkylation sites (tertiary alicyclic amines) is 1. The van der Waals surface area contributed by atoms with E-state index in [1.54, 1.807) is 7.11 Å². The summed E-state index contributed by atoms with van der Waals surface area (Å²) in [6, 6.07) is 13.5. The van der Waals surface area contributed by atoms with Crippen LogP contribution in [0.25, 0.3) is 22.2 Å². The molecule has 5 rings (SSSR count). The summed E-state index contributed by atoms with van der Waals surface area (Å²) in [4.78, 5) is 59.3. The molecule has 3 aromatic rings. The minimum atomic E-state index is -1.14. The molecule has 0 spiro atoms. The van der Waals surface area contributed by atoms with Gasteiger partial charge < -0.3 is 35.4 Å².